The predicted molar refractivity (Wildman–Crippen MR) is 156 cm³/mol. The fraction of sp³-hybridized carbons (Fsp3) is 0.533. The molecule has 5 rings (SSSR count). The molecule has 1 saturated heterocycles. The van der Waals surface area contributed by atoms with Crippen molar-refractivity contribution < 1.29 is 23.9 Å². The summed E-state index contributed by atoms with van der Waals surface area (Å²) in [5.74, 6) is 2.46. The van der Waals surface area contributed by atoms with Crippen LogP contribution in [0.3, 0.4) is 0 Å². The first kappa shape index (κ1) is 29.3. The minimum Gasteiger partial charge on any atom is -0.491 e. The maximum Gasteiger partial charge on any atom is 0.308 e. The van der Waals surface area contributed by atoms with Crippen LogP contribution in [-0.4, -0.2) is 72.7 Å². The van der Waals surface area contributed by atoms with Crippen LogP contribution in [0.1, 0.15) is 42.7 Å². The normalized spacial score (nSPS) is 17.4. The molecule has 41 heavy (non-hydrogen) atoms. The second-order valence-electron chi connectivity index (χ2n) is 11.4. The van der Waals surface area contributed by atoms with Gasteiger partial charge in [0.2, 0.25) is 0 Å². The van der Waals surface area contributed by atoms with E-state index >= 15 is 0 Å². The summed E-state index contributed by atoms with van der Waals surface area (Å²) in [6, 6.07) is 5.34. The van der Waals surface area contributed by atoms with Crippen LogP contribution >= 0.6 is 11.6 Å². The van der Waals surface area contributed by atoms with Crippen molar-refractivity contribution in [1.82, 2.24) is 20.4 Å². The SMILES string of the molecule is CNC[C@@H](O)COc1ccc(Cl)c(-c2nc(-c3c(C)noc3C)c(C)c(N3CC4(CCC(C(=O)OC)CC4)C3)n2)c1. The summed E-state index contributed by atoms with van der Waals surface area (Å²) in [5, 5.41) is 17.7. The van der Waals surface area contributed by atoms with Crippen molar-refractivity contribution in [2.45, 2.75) is 52.6 Å². The van der Waals surface area contributed by atoms with E-state index in [0.29, 0.717) is 34.5 Å². The van der Waals surface area contributed by atoms with E-state index in [1.54, 1.807) is 19.2 Å². The summed E-state index contributed by atoms with van der Waals surface area (Å²) in [7, 11) is 3.24. The molecule has 2 aliphatic rings. The van der Waals surface area contributed by atoms with E-state index in [9.17, 15) is 9.90 Å². The van der Waals surface area contributed by atoms with E-state index in [4.69, 9.17) is 35.6 Å². The van der Waals surface area contributed by atoms with Gasteiger partial charge in [-0.25, -0.2) is 9.97 Å². The largest absolute Gasteiger partial charge is 0.491 e. The molecule has 0 unspecified atom stereocenters. The van der Waals surface area contributed by atoms with Crippen LogP contribution in [0.15, 0.2) is 22.7 Å². The van der Waals surface area contributed by atoms with E-state index in [2.05, 4.69) is 15.4 Å². The van der Waals surface area contributed by atoms with E-state index in [-0.39, 0.29) is 23.9 Å². The first-order chi connectivity index (χ1) is 19.6. The number of aromatic nitrogens is 3. The van der Waals surface area contributed by atoms with E-state index in [0.717, 1.165) is 67.1 Å². The van der Waals surface area contributed by atoms with Crippen molar-refractivity contribution in [3.63, 3.8) is 0 Å². The van der Waals surface area contributed by atoms with Crippen LogP contribution in [0, 0.1) is 32.1 Å². The first-order valence-corrected chi connectivity index (χ1v) is 14.4. The standard InChI is InChI=1S/C30H38ClN5O5/c1-17-26(25-18(2)35-41-19(25)3)33-27(23-12-22(6-7-24(23)31)40-14-21(37)13-32-4)34-28(17)36-15-30(16-36)10-8-20(9-11-30)29(38)39-5/h6-7,12,20-21,32,37H,8-11,13-16H2,1-5H3/t21-/m1/s1. The molecular weight excluding hydrogens is 546 g/mol. The molecule has 1 aliphatic heterocycles. The lowest BCUT2D eigenvalue weighted by Crippen LogP contribution is -2.58. The van der Waals surface area contributed by atoms with Gasteiger partial charge in [-0.1, -0.05) is 16.8 Å². The fourth-order valence-electron chi connectivity index (χ4n) is 6.11. The second-order valence-corrected chi connectivity index (χ2v) is 11.8. The summed E-state index contributed by atoms with van der Waals surface area (Å²) in [5.41, 5.74) is 4.10. The Morgan fingerprint density at radius 1 is 1.24 bits per heavy atom. The topological polar surface area (TPSA) is 123 Å². The lowest BCUT2D eigenvalue weighted by atomic mass is 9.66. The van der Waals surface area contributed by atoms with Crippen molar-refractivity contribution in [3.05, 3.63) is 40.2 Å². The molecule has 11 heteroatoms. The Labute approximate surface area is 245 Å². The quantitative estimate of drug-likeness (QED) is 0.348. The monoisotopic (exact) mass is 583 g/mol. The molecule has 2 aromatic heterocycles. The van der Waals surface area contributed by atoms with Gasteiger partial charge < -0.3 is 29.3 Å². The number of hydrogen-bond acceptors (Lipinski definition) is 10. The molecule has 3 aromatic rings. The molecule has 2 N–H and O–H groups in total. The van der Waals surface area contributed by atoms with Crippen molar-refractivity contribution in [2.75, 3.05) is 45.3 Å². The number of rotatable bonds is 9. The number of carbonyl (C=O) groups is 1. The minimum atomic E-state index is -0.645. The molecule has 1 atom stereocenters. The highest BCUT2D eigenvalue weighted by Gasteiger charge is 2.47. The molecule has 1 aromatic carbocycles. The van der Waals surface area contributed by atoms with Gasteiger partial charge in [0.1, 0.15) is 30.0 Å². The summed E-state index contributed by atoms with van der Waals surface area (Å²) < 4.78 is 16.3. The van der Waals surface area contributed by atoms with Crippen LogP contribution in [-0.2, 0) is 9.53 Å². The number of benzene rings is 1. The summed E-state index contributed by atoms with van der Waals surface area (Å²) in [4.78, 5) is 24.4. The van der Waals surface area contributed by atoms with Crippen molar-refractivity contribution in [2.24, 2.45) is 11.3 Å². The van der Waals surface area contributed by atoms with E-state index in [1.165, 1.54) is 7.11 Å². The Balaban J connectivity index is 1.48. The highest BCUT2D eigenvalue weighted by atomic mass is 35.5. The third-order valence-corrected chi connectivity index (χ3v) is 8.71. The van der Waals surface area contributed by atoms with Crippen LogP contribution in [0.2, 0.25) is 5.02 Å². The summed E-state index contributed by atoms with van der Waals surface area (Å²) in [6.45, 7) is 8.10. The molecule has 1 saturated carbocycles. The van der Waals surface area contributed by atoms with Gasteiger partial charge >= 0.3 is 5.97 Å². The molecule has 0 radical (unpaired) electrons. The van der Waals surface area contributed by atoms with Gasteiger partial charge in [0.15, 0.2) is 5.82 Å². The Morgan fingerprint density at radius 2 is 1.98 bits per heavy atom. The maximum absolute atomic E-state index is 12.0. The van der Waals surface area contributed by atoms with Crippen molar-refractivity contribution in [3.8, 4) is 28.4 Å². The number of aliphatic hydroxyl groups excluding tert-OH is 1. The number of esters is 1. The fourth-order valence-corrected chi connectivity index (χ4v) is 6.31. The number of ether oxygens (including phenoxy) is 2. The maximum atomic E-state index is 12.0. The molecule has 3 heterocycles. The third-order valence-electron chi connectivity index (χ3n) is 8.38. The Bertz CT molecular complexity index is 1390. The van der Waals surface area contributed by atoms with E-state index in [1.807, 2.05) is 26.8 Å². The minimum absolute atomic E-state index is 0.00538. The lowest BCUT2D eigenvalue weighted by Gasteiger charge is -2.54. The number of anilines is 1. The predicted octanol–water partition coefficient (Wildman–Crippen LogP) is 4.51. The number of aryl methyl sites for hydroxylation is 2. The average Bonchev–Trinajstić information content (AvgIpc) is 3.28. The molecular formula is C30H38ClN5O5. The summed E-state index contributed by atoms with van der Waals surface area (Å²) in [6.07, 6.45) is 3.03. The van der Waals surface area contributed by atoms with E-state index < -0.39 is 6.10 Å². The number of aliphatic hydroxyl groups is 1. The van der Waals surface area contributed by atoms with Crippen molar-refractivity contribution >= 4 is 23.4 Å². The Hall–Kier alpha value is -3.21. The lowest BCUT2D eigenvalue weighted by molar-refractivity contribution is -0.147. The smallest absolute Gasteiger partial charge is 0.308 e. The van der Waals surface area contributed by atoms with Gasteiger partial charge in [-0.3, -0.25) is 4.79 Å². The molecule has 0 bridgehead atoms. The van der Waals surface area contributed by atoms with Crippen LogP contribution in [0.25, 0.3) is 22.6 Å². The molecule has 220 valence electrons. The van der Waals surface area contributed by atoms with Crippen LogP contribution in [0.5, 0.6) is 5.75 Å². The molecule has 2 fully saturated rings. The average molecular weight is 584 g/mol. The Morgan fingerprint density at radius 3 is 2.61 bits per heavy atom. The van der Waals surface area contributed by atoms with Crippen LogP contribution in [0.4, 0.5) is 5.82 Å². The first-order valence-electron chi connectivity index (χ1n) is 14.0. The van der Waals surface area contributed by atoms with Gasteiger partial charge in [-0.15, -0.1) is 0 Å². The molecule has 1 aliphatic carbocycles. The zero-order valence-corrected chi connectivity index (χ0v) is 25.0. The van der Waals surface area contributed by atoms with Crippen LogP contribution < -0.4 is 15.0 Å². The van der Waals surface area contributed by atoms with Gasteiger partial charge in [-0.05, 0) is 71.7 Å². The molecule has 10 nitrogen and oxygen atoms in total. The Kier molecular flexibility index (Phi) is 8.54. The van der Waals surface area contributed by atoms with Gasteiger partial charge in [0, 0.05) is 36.2 Å². The number of methoxy groups -OCH3 is 1. The van der Waals surface area contributed by atoms with Gasteiger partial charge in [0.05, 0.1) is 35.0 Å². The number of nitrogens with one attached hydrogen (secondary N) is 1. The number of carbonyl (C=O) groups excluding carboxylic acids is 1. The second kappa shape index (κ2) is 12.0. The molecule has 0 amide bonds. The summed E-state index contributed by atoms with van der Waals surface area (Å²) >= 11 is 6.69. The van der Waals surface area contributed by atoms with Crippen molar-refractivity contribution in [1.29, 1.82) is 0 Å². The zero-order chi connectivity index (χ0) is 29.3. The van der Waals surface area contributed by atoms with Gasteiger partial charge in [0.25, 0.3) is 0 Å². The number of halogens is 1. The zero-order valence-electron chi connectivity index (χ0n) is 24.3. The highest BCUT2D eigenvalue weighted by Crippen LogP contribution is 2.48. The number of nitrogens with zero attached hydrogens (tertiary/aromatic N) is 4. The number of hydrogen-bond donors (Lipinski definition) is 2. The molecule has 1 spiro atoms. The number of likely N-dealkylation sites (N-methyl/N-ethyl adjacent to an activating group) is 1. The third kappa shape index (κ3) is 5.91. The highest BCUT2D eigenvalue weighted by molar-refractivity contribution is 6.33. The van der Waals surface area contributed by atoms with Gasteiger partial charge in [-0.2, -0.15) is 0 Å².